The van der Waals surface area contributed by atoms with E-state index in [4.69, 9.17) is 0 Å². The van der Waals surface area contributed by atoms with Gasteiger partial charge in [-0.05, 0) is 73.6 Å². The van der Waals surface area contributed by atoms with Crippen LogP contribution in [0.15, 0.2) is 36.4 Å². The number of hydrogen-bond acceptors (Lipinski definition) is 2. The van der Waals surface area contributed by atoms with Crippen molar-refractivity contribution in [2.24, 2.45) is 0 Å². The fourth-order valence-electron chi connectivity index (χ4n) is 6.07. The van der Waals surface area contributed by atoms with E-state index in [0.717, 1.165) is 11.1 Å². The fourth-order valence-corrected chi connectivity index (χ4v) is 6.07. The first-order chi connectivity index (χ1) is 14.6. The van der Waals surface area contributed by atoms with E-state index in [0.29, 0.717) is 11.1 Å². The average Bonchev–Trinajstić information content (AvgIpc) is 2.74. The van der Waals surface area contributed by atoms with E-state index < -0.39 is 5.79 Å². The van der Waals surface area contributed by atoms with Gasteiger partial charge in [0.05, 0.1) is 0 Å². The summed E-state index contributed by atoms with van der Waals surface area (Å²) in [5.41, 5.74) is 6.14. The summed E-state index contributed by atoms with van der Waals surface area (Å²) in [4.78, 5) is 0. The van der Waals surface area contributed by atoms with Crippen LogP contribution in [0.3, 0.4) is 0 Å². The number of rotatable bonds is 4. The lowest BCUT2D eigenvalue weighted by Crippen LogP contribution is -2.31. The highest BCUT2D eigenvalue weighted by Crippen LogP contribution is 2.43. The number of benzene rings is 2. The second kappa shape index (κ2) is 8.37. The van der Waals surface area contributed by atoms with Gasteiger partial charge in [0.1, 0.15) is 0 Å². The first kappa shape index (κ1) is 22.6. The summed E-state index contributed by atoms with van der Waals surface area (Å²) in [6.45, 7) is 8.83. The second-order valence-corrected chi connectivity index (χ2v) is 11.1. The second-order valence-electron chi connectivity index (χ2n) is 11.1. The van der Waals surface area contributed by atoms with Crippen LogP contribution in [0, 0.1) is 13.8 Å². The molecule has 2 aromatic carbocycles. The van der Waals surface area contributed by atoms with E-state index in [9.17, 15) is 10.2 Å². The monoisotopic (exact) mass is 420 g/mol. The Bertz CT molecular complexity index is 852. The Morgan fingerprint density at radius 1 is 0.581 bits per heavy atom. The molecular weight excluding hydrogens is 380 g/mol. The van der Waals surface area contributed by atoms with E-state index in [1.54, 1.807) is 0 Å². The van der Waals surface area contributed by atoms with Crippen LogP contribution in [-0.2, 0) is 16.6 Å². The van der Waals surface area contributed by atoms with Crippen molar-refractivity contribution in [3.05, 3.63) is 69.8 Å². The third-order valence-corrected chi connectivity index (χ3v) is 8.27. The van der Waals surface area contributed by atoms with Gasteiger partial charge in [0.2, 0.25) is 5.79 Å². The predicted octanol–water partition coefficient (Wildman–Crippen LogP) is 6.93. The summed E-state index contributed by atoms with van der Waals surface area (Å²) in [6, 6.07) is 12.5. The molecule has 0 aliphatic heterocycles. The predicted molar refractivity (Wildman–Crippen MR) is 128 cm³/mol. The molecule has 2 nitrogen and oxygen atoms in total. The van der Waals surface area contributed by atoms with Gasteiger partial charge in [-0.1, -0.05) is 87.8 Å². The fraction of sp³-hybridized carbons (Fsp3) is 0.586. The van der Waals surface area contributed by atoms with E-state index in [2.05, 4.69) is 52.0 Å². The molecule has 0 radical (unpaired) electrons. The molecule has 0 heterocycles. The Hall–Kier alpha value is -1.64. The molecule has 0 spiro atoms. The molecular formula is C29H40O2. The highest BCUT2D eigenvalue weighted by atomic mass is 16.5. The SMILES string of the molecule is Cc1cc(C2(C)CCCCC2)cc(C(O)(O)c2cc(C)cc(C3(C)CCCCC3)c2)c1. The van der Waals surface area contributed by atoms with E-state index >= 15 is 0 Å². The zero-order chi connectivity index (χ0) is 22.3. The summed E-state index contributed by atoms with van der Waals surface area (Å²) >= 11 is 0. The third-order valence-electron chi connectivity index (χ3n) is 8.27. The quantitative estimate of drug-likeness (QED) is 0.526. The van der Waals surface area contributed by atoms with Crippen molar-refractivity contribution < 1.29 is 10.2 Å². The molecule has 2 aliphatic carbocycles. The van der Waals surface area contributed by atoms with Crippen LogP contribution in [0.5, 0.6) is 0 Å². The Morgan fingerprint density at radius 2 is 0.935 bits per heavy atom. The largest absolute Gasteiger partial charge is 0.358 e. The maximum Gasteiger partial charge on any atom is 0.217 e. The normalized spacial score (nSPS) is 21.1. The Labute approximate surface area is 188 Å². The van der Waals surface area contributed by atoms with E-state index in [1.165, 1.54) is 75.3 Å². The maximum absolute atomic E-state index is 11.5. The zero-order valence-electron chi connectivity index (χ0n) is 19.9. The molecule has 4 rings (SSSR count). The Morgan fingerprint density at radius 3 is 1.29 bits per heavy atom. The van der Waals surface area contributed by atoms with Crippen molar-refractivity contribution in [2.75, 3.05) is 0 Å². The maximum atomic E-state index is 11.5. The molecule has 0 unspecified atom stereocenters. The highest BCUT2D eigenvalue weighted by molar-refractivity contribution is 5.44. The molecule has 0 amide bonds. The van der Waals surface area contributed by atoms with Crippen LogP contribution in [0.25, 0.3) is 0 Å². The van der Waals surface area contributed by atoms with Gasteiger partial charge in [-0.15, -0.1) is 0 Å². The first-order valence-electron chi connectivity index (χ1n) is 12.3. The van der Waals surface area contributed by atoms with E-state index in [-0.39, 0.29) is 10.8 Å². The molecule has 2 aliphatic rings. The number of aryl methyl sites for hydroxylation is 2. The summed E-state index contributed by atoms with van der Waals surface area (Å²) in [5.74, 6) is -1.99. The number of aliphatic hydroxyl groups is 2. The lowest BCUT2D eigenvalue weighted by molar-refractivity contribution is -0.132. The standard InChI is InChI=1S/C29H40O2/c1-21-15-23(27(3)11-7-5-8-12-27)19-25(17-21)29(30,31)26-18-22(2)16-24(20-26)28(4)13-9-6-10-14-28/h15-20,30-31H,5-14H2,1-4H3. The van der Waals surface area contributed by atoms with Crippen molar-refractivity contribution in [1.29, 1.82) is 0 Å². The Kier molecular flexibility index (Phi) is 6.09. The molecule has 31 heavy (non-hydrogen) atoms. The highest BCUT2D eigenvalue weighted by Gasteiger charge is 2.35. The van der Waals surface area contributed by atoms with Gasteiger partial charge in [-0.3, -0.25) is 0 Å². The summed E-state index contributed by atoms with van der Waals surface area (Å²) in [6.07, 6.45) is 12.3. The number of hydrogen-bond donors (Lipinski definition) is 2. The molecule has 2 aromatic rings. The van der Waals surface area contributed by atoms with Crippen molar-refractivity contribution in [3.63, 3.8) is 0 Å². The average molecular weight is 421 g/mol. The topological polar surface area (TPSA) is 40.5 Å². The molecule has 2 heteroatoms. The van der Waals surface area contributed by atoms with Gasteiger partial charge < -0.3 is 10.2 Å². The van der Waals surface area contributed by atoms with Crippen LogP contribution in [0.2, 0.25) is 0 Å². The zero-order valence-corrected chi connectivity index (χ0v) is 19.9. The molecule has 0 atom stereocenters. The van der Waals surface area contributed by atoms with Crippen molar-refractivity contribution in [2.45, 2.75) is 109 Å². The molecule has 0 saturated heterocycles. The van der Waals surface area contributed by atoms with Gasteiger partial charge in [0, 0.05) is 11.1 Å². The van der Waals surface area contributed by atoms with Gasteiger partial charge in [-0.25, -0.2) is 0 Å². The van der Waals surface area contributed by atoms with Gasteiger partial charge in [-0.2, -0.15) is 0 Å². The van der Waals surface area contributed by atoms with Crippen LogP contribution in [0.1, 0.15) is 111 Å². The van der Waals surface area contributed by atoms with Gasteiger partial charge in [0.15, 0.2) is 0 Å². The lowest BCUT2D eigenvalue weighted by Gasteiger charge is -2.36. The minimum Gasteiger partial charge on any atom is -0.358 e. The smallest absolute Gasteiger partial charge is 0.217 e. The van der Waals surface area contributed by atoms with Crippen molar-refractivity contribution >= 4 is 0 Å². The van der Waals surface area contributed by atoms with Gasteiger partial charge in [0.25, 0.3) is 0 Å². The Balaban J connectivity index is 1.75. The van der Waals surface area contributed by atoms with Crippen LogP contribution in [0.4, 0.5) is 0 Å². The summed E-state index contributed by atoms with van der Waals surface area (Å²) < 4.78 is 0. The van der Waals surface area contributed by atoms with Crippen molar-refractivity contribution in [3.8, 4) is 0 Å². The molecule has 0 bridgehead atoms. The lowest BCUT2D eigenvalue weighted by atomic mass is 9.69. The minimum atomic E-state index is -1.99. The molecule has 2 fully saturated rings. The molecule has 0 aromatic heterocycles. The van der Waals surface area contributed by atoms with Crippen LogP contribution >= 0.6 is 0 Å². The van der Waals surface area contributed by atoms with Gasteiger partial charge >= 0.3 is 0 Å². The molecule has 2 N–H and O–H groups in total. The third kappa shape index (κ3) is 4.47. The summed E-state index contributed by atoms with van der Waals surface area (Å²) in [7, 11) is 0. The van der Waals surface area contributed by atoms with Crippen LogP contribution < -0.4 is 0 Å². The molecule has 168 valence electrons. The molecule has 2 saturated carbocycles. The van der Waals surface area contributed by atoms with Crippen molar-refractivity contribution in [1.82, 2.24) is 0 Å². The summed E-state index contributed by atoms with van der Waals surface area (Å²) in [5, 5.41) is 23.0. The van der Waals surface area contributed by atoms with E-state index in [1.807, 2.05) is 12.1 Å². The van der Waals surface area contributed by atoms with Crippen LogP contribution in [-0.4, -0.2) is 10.2 Å². The first-order valence-corrected chi connectivity index (χ1v) is 12.3. The minimum absolute atomic E-state index is 0.127.